The molecule has 0 aliphatic carbocycles. The van der Waals surface area contributed by atoms with Gasteiger partial charge in [-0.15, -0.1) is 0 Å². The molecular weight excluding hydrogens is 238 g/mol. The van der Waals surface area contributed by atoms with Crippen LogP contribution in [0.4, 0.5) is 0 Å². The quantitative estimate of drug-likeness (QED) is 0.866. The van der Waals surface area contributed by atoms with Gasteiger partial charge in [-0.3, -0.25) is 0 Å². The summed E-state index contributed by atoms with van der Waals surface area (Å²) in [5.74, 6) is 0.938. The van der Waals surface area contributed by atoms with Gasteiger partial charge in [-0.25, -0.2) is 4.98 Å². The highest BCUT2D eigenvalue weighted by Gasteiger charge is 2.10. The fourth-order valence-corrected chi connectivity index (χ4v) is 2.13. The molecule has 0 aliphatic rings. The lowest BCUT2D eigenvalue weighted by Crippen LogP contribution is -2.23. The second-order valence-corrected chi connectivity index (χ2v) is 4.72. The third-order valence-corrected chi connectivity index (χ3v) is 3.23. The Hall–Kier alpha value is -1.81. The van der Waals surface area contributed by atoms with Crippen molar-refractivity contribution in [3.05, 3.63) is 48.0 Å². The maximum absolute atomic E-state index is 5.42. The van der Waals surface area contributed by atoms with Gasteiger partial charge in [-0.2, -0.15) is 0 Å². The van der Waals surface area contributed by atoms with Crippen molar-refractivity contribution in [1.82, 2.24) is 14.9 Å². The van der Waals surface area contributed by atoms with Crippen LogP contribution in [0.1, 0.15) is 24.1 Å². The van der Waals surface area contributed by atoms with Crippen molar-refractivity contribution in [2.45, 2.75) is 26.4 Å². The maximum Gasteiger partial charge on any atom is 0.123 e. The van der Waals surface area contributed by atoms with E-state index in [-0.39, 0.29) is 6.04 Å². The number of methoxy groups -OCH3 is 1. The molecule has 1 unspecified atom stereocenters. The van der Waals surface area contributed by atoms with Crippen molar-refractivity contribution in [1.29, 1.82) is 0 Å². The number of imidazole rings is 1. The van der Waals surface area contributed by atoms with Gasteiger partial charge >= 0.3 is 0 Å². The zero-order valence-electron chi connectivity index (χ0n) is 11.8. The van der Waals surface area contributed by atoms with E-state index in [2.05, 4.69) is 40.8 Å². The molecule has 1 atom stereocenters. The van der Waals surface area contributed by atoms with E-state index < -0.39 is 0 Å². The topological polar surface area (TPSA) is 39.1 Å². The summed E-state index contributed by atoms with van der Waals surface area (Å²) < 4.78 is 7.48. The minimum Gasteiger partial charge on any atom is -0.496 e. The Balaban J connectivity index is 1.95. The van der Waals surface area contributed by atoms with Gasteiger partial charge < -0.3 is 14.6 Å². The van der Waals surface area contributed by atoms with E-state index in [1.807, 2.05) is 18.6 Å². The average molecular weight is 259 g/mol. The molecule has 19 heavy (non-hydrogen) atoms. The first kappa shape index (κ1) is 13.6. The lowest BCUT2D eigenvalue weighted by molar-refractivity contribution is 0.400. The van der Waals surface area contributed by atoms with Crippen LogP contribution in [0.3, 0.4) is 0 Å². The van der Waals surface area contributed by atoms with E-state index in [1.165, 1.54) is 11.1 Å². The molecule has 0 radical (unpaired) electrons. The van der Waals surface area contributed by atoms with E-state index >= 15 is 0 Å². The second-order valence-electron chi connectivity index (χ2n) is 4.72. The monoisotopic (exact) mass is 259 g/mol. The van der Waals surface area contributed by atoms with Crippen molar-refractivity contribution < 1.29 is 4.74 Å². The molecule has 0 spiro atoms. The van der Waals surface area contributed by atoms with Gasteiger partial charge in [0.15, 0.2) is 0 Å². The lowest BCUT2D eigenvalue weighted by Gasteiger charge is -2.18. The molecule has 0 saturated carbocycles. The zero-order chi connectivity index (χ0) is 13.7. The molecule has 0 fully saturated rings. The summed E-state index contributed by atoms with van der Waals surface area (Å²) in [6.45, 7) is 6.07. The van der Waals surface area contributed by atoms with E-state index in [4.69, 9.17) is 4.74 Å². The fourth-order valence-electron chi connectivity index (χ4n) is 2.13. The van der Waals surface area contributed by atoms with Crippen LogP contribution in [0.2, 0.25) is 0 Å². The molecule has 1 N–H and O–H groups in total. The number of ether oxygens (including phenoxy) is 1. The fraction of sp³-hybridized carbons (Fsp3) is 0.400. The molecule has 1 aromatic heterocycles. The van der Waals surface area contributed by atoms with Gasteiger partial charge in [0, 0.05) is 37.1 Å². The number of hydrogen-bond donors (Lipinski definition) is 1. The summed E-state index contributed by atoms with van der Waals surface area (Å²) in [5.41, 5.74) is 2.45. The summed E-state index contributed by atoms with van der Waals surface area (Å²) >= 11 is 0. The maximum atomic E-state index is 5.42. The minimum absolute atomic E-state index is 0.262. The van der Waals surface area contributed by atoms with Crippen molar-refractivity contribution in [3.63, 3.8) is 0 Å². The Bertz CT molecular complexity index is 508. The van der Waals surface area contributed by atoms with Gasteiger partial charge in [0.1, 0.15) is 5.75 Å². The van der Waals surface area contributed by atoms with Gasteiger partial charge in [0.05, 0.1) is 13.4 Å². The third kappa shape index (κ3) is 3.58. The highest BCUT2D eigenvalue weighted by Crippen LogP contribution is 2.25. The Kier molecular flexibility index (Phi) is 4.58. The number of aromatic nitrogens is 2. The number of nitrogens with zero attached hydrogens (tertiary/aromatic N) is 2. The Morgan fingerprint density at radius 3 is 2.95 bits per heavy atom. The number of nitrogens with one attached hydrogen (secondary N) is 1. The molecule has 0 saturated heterocycles. The van der Waals surface area contributed by atoms with Crippen LogP contribution in [0, 0.1) is 6.92 Å². The van der Waals surface area contributed by atoms with Crippen molar-refractivity contribution >= 4 is 0 Å². The molecule has 0 aliphatic heterocycles. The van der Waals surface area contributed by atoms with Crippen LogP contribution in [0.25, 0.3) is 0 Å². The largest absolute Gasteiger partial charge is 0.496 e. The van der Waals surface area contributed by atoms with E-state index in [0.29, 0.717) is 0 Å². The van der Waals surface area contributed by atoms with E-state index in [0.717, 1.165) is 18.8 Å². The molecule has 1 aromatic carbocycles. The predicted octanol–water partition coefficient (Wildman–Crippen LogP) is 2.55. The summed E-state index contributed by atoms with van der Waals surface area (Å²) in [6.07, 6.45) is 5.60. The number of rotatable bonds is 6. The van der Waals surface area contributed by atoms with Crippen LogP contribution in [-0.2, 0) is 6.54 Å². The first-order chi connectivity index (χ1) is 9.20. The molecule has 1 heterocycles. The first-order valence-corrected chi connectivity index (χ1v) is 6.54. The molecule has 0 bridgehead atoms. The van der Waals surface area contributed by atoms with Crippen LogP contribution < -0.4 is 10.1 Å². The van der Waals surface area contributed by atoms with E-state index in [1.54, 1.807) is 13.3 Å². The van der Waals surface area contributed by atoms with E-state index in [9.17, 15) is 0 Å². The normalized spacial score (nSPS) is 12.4. The summed E-state index contributed by atoms with van der Waals surface area (Å²) in [7, 11) is 1.71. The zero-order valence-corrected chi connectivity index (χ0v) is 11.8. The molecule has 102 valence electrons. The van der Waals surface area contributed by atoms with Crippen molar-refractivity contribution in [2.24, 2.45) is 0 Å². The van der Waals surface area contributed by atoms with Crippen LogP contribution in [-0.4, -0.2) is 23.2 Å². The van der Waals surface area contributed by atoms with Gasteiger partial charge in [0.2, 0.25) is 0 Å². The summed E-state index contributed by atoms with van der Waals surface area (Å²) in [6, 6.07) is 6.53. The highest BCUT2D eigenvalue weighted by molar-refractivity contribution is 5.38. The smallest absolute Gasteiger partial charge is 0.123 e. The predicted molar refractivity (Wildman–Crippen MR) is 76.4 cm³/mol. The van der Waals surface area contributed by atoms with Gasteiger partial charge in [-0.05, 0) is 19.9 Å². The van der Waals surface area contributed by atoms with Gasteiger partial charge in [-0.1, -0.05) is 17.7 Å². The van der Waals surface area contributed by atoms with Crippen LogP contribution in [0.15, 0.2) is 36.9 Å². The number of hydrogen-bond acceptors (Lipinski definition) is 3. The van der Waals surface area contributed by atoms with Crippen LogP contribution >= 0.6 is 0 Å². The standard InChI is InChI=1S/C15H21N3O/c1-12-4-5-15(19-3)14(10-12)13(2)17-7-9-18-8-6-16-11-18/h4-6,8,10-11,13,17H,7,9H2,1-3H3. The Morgan fingerprint density at radius 2 is 2.26 bits per heavy atom. The van der Waals surface area contributed by atoms with Crippen molar-refractivity contribution in [2.75, 3.05) is 13.7 Å². The summed E-state index contributed by atoms with van der Waals surface area (Å²) in [5, 5.41) is 3.51. The Labute approximate surface area is 114 Å². The highest BCUT2D eigenvalue weighted by atomic mass is 16.5. The Morgan fingerprint density at radius 1 is 1.42 bits per heavy atom. The molecule has 4 heteroatoms. The SMILES string of the molecule is COc1ccc(C)cc1C(C)NCCn1ccnc1. The molecule has 2 aromatic rings. The molecular formula is C15H21N3O. The minimum atomic E-state index is 0.262. The van der Waals surface area contributed by atoms with Gasteiger partial charge in [0.25, 0.3) is 0 Å². The van der Waals surface area contributed by atoms with Crippen LogP contribution in [0.5, 0.6) is 5.75 Å². The second kappa shape index (κ2) is 6.38. The molecule has 4 nitrogen and oxygen atoms in total. The third-order valence-electron chi connectivity index (χ3n) is 3.23. The average Bonchev–Trinajstić information content (AvgIpc) is 2.91. The summed E-state index contributed by atoms with van der Waals surface area (Å²) in [4.78, 5) is 4.03. The number of aryl methyl sites for hydroxylation is 1. The van der Waals surface area contributed by atoms with Crippen molar-refractivity contribution in [3.8, 4) is 5.75 Å². The lowest BCUT2D eigenvalue weighted by atomic mass is 10.0. The molecule has 0 amide bonds. The first-order valence-electron chi connectivity index (χ1n) is 6.54. The number of benzene rings is 1. The molecule has 2 rings (SSSR count).